The van der Waals surface area contributed by atoms with Gasteiger partial charge in [-0.1, -0.05) is 30.3 Å². The quantitative estimate of drug-likeness (QED) is 0.113. The lowest BCUT2D eigenvalue weighted by atomic mass is 10.1. The van der Waals surface area contributed by atoms with Gasteiger partial charge in [-0.2, -0.15) is 0 Å². The molecule has 0 radical (unpaired) electrons. The number of halogens is 1. The summed E-state index contributed by atoms with van der Waals surface area (Å²) in [4.78, 5) is 21.8. The summed E-state index contributed by atoms with van der Waals surface area (Å²) < 4.78 is 25.1. The van der Waals surface area contributed by atoms with Crippen LogP contribution in [0.5, 0.6) is 5.75 Å². The van der Waals surface area contributed by atoms with Crippen molar-refractivity contribution in [1.82, 2.24) is 19.4 Å². The molecule has 4 rings (SSSR count). The number of para-hydroxylation sites is 1. The number of nitrogens with zero attached hydrogens (tertiary/aromatic N) is 5. The number of allylic oxidation sites excluding steroid dienone is 1. The zero-order valence-corrected chi connectivity index (χ0v) is 24.9. The number of nitro groups is 1. The van der Waals surface area contributed by atoms with E-state index in [9.17, 15) is 10.1 Å². The molecule has 0 bridgehead atoms. The standard InChI is InChI=1S/C29H35ClN6O6/c1-6-40-18-20(16-34(3)4)42-19(2)14-26(39-5)24(10-11-36(37)38)32-29-31-15-23(30)27(33-29)22-17-35-12-13-41-25-9-7-8-21(22)28(25)35/h7-10,14-15,17,20H,2,6,11-13,16,18H2,1,3-5H3,(H,31,32,33)/b24-10+,26-14+/t20-/m1/s1. The third-order valence-corrected chi connectivity index (χ3v) is 6.59. The molecule has 0 fully saturated rings. The van der Waals surface area contributed by atoms with Crippen LogP contribution in [0, 0.1) is 10.1 Å². The van der Waals surface area contributed by atoms with Crippen molar-refractivity contribution in [3.63, 3.8) is 0 Å². The molecule has 1 aliphatic rings. The van der Waals surface area contributed by atoms with E-state index in [1.165, 1.54) is 19.4 Å². The first-order chi connectivity index (χ1) is 20.2. The van der Waals surface area contributed by atoms with Crippen LogP contribution in [-0.4, -0.2) is 84.6 Å². The van der Waals surface area contributed by atoms with Crippen molar-refractivity contribution in [3.05, 3.63) is 81.7 Å². The normalized spacial score (nSPS) is 14.0. The Hall–Kier alpha value is -4.13. The summed E-state index contributed by atoms with van der Waals surface area (Å²) in [6.45, 7) is 8.22. The largest absolute Gasteiger partial charge is 0.494 e. The second-order valence-electron chi connectivity index (χ2n) is 9.73. The topological polar surface area (TPSA) is 126 Å². The molecule has 1 atom stereocenters. The maximum Gasteiger partial charge on any atom is 0.227 e. The van der Waals surface area contributed by atoms with Gasteiger partial charge in [-0.25, -0.2) is 9.97 Å². The fourth-order valence-electron chi connectivity index (χ4n) is 4.60. The maximum atomic E-state index is 11.3. The number of methoxy groups -OCH3 is 1. The summed E-state index contributed by atoms with van der Waals surface area (Å²) in [6.07, 6.45) is 6.11. The number of anilines is 1. The predicted octanol–water partition coefficient (Wildman–Crippen LogP) is 4.74. The second-order valence-corrected chi connectivity index (χ2v) is 10.1. The fourth-order valence-corrected chi connectivity index (χ4v) is 4.79. The SMILES string of the molecule is C=C(/C=C(OC)\C(=C/C[N+](=O)[O-])Nc1ncc(Cl)c(-c2cn3c4c(cccc24)OCC3)n1)O[C@@H](COCC)CN(C)C. The molecule has 13 heteroatoms. The van der Waals surface area contributed by atoms with Gasteiger partial charge in [0.2, 0.25) is 12.5 Å². The Bertz CT molecular complexity index is 1500. The molecule has 3 aromatic rings. The molecule has 1 aliphatic heterocycles. The van der Waals surface area contributed by atoms with Gasteiger partial charge in [0.15, 0.2) is 0 Å². The Morgan fingerprint density at radius 2 is 2.21 bits per heavy atom. The number of ether oxygens (including phenoxy) is 4. The lowest BCUT2D eigenvalue weighted by molar-refractivity contribution is -0.468. The molecule has 2 aromatic heterocycles. The molecule has 0 aliphatic carbocycles. The molecule has 3 heterocycles. The average molecular weight is 599 g/mol. The zero-order chi connectivity index (χ0) is 30.2. The number of hydrogen-bond donors (Lipinski definition) is 1. The van der Waals surface area contributed by atoms with Crippen LogP contribution in [0.4, 0.5) is 5.95 Å². The van der Waals surface area contributed by atoms with Gasteiger partial charge in [0.25, 0.3) is 0 Å². The van der Waals surface area contributed by atoms with E-state index in [1.807, 2.05) is 50.3 Å². The molecule has 12 nitrogen and oxygen atoms in total. The van der Waals surface area contributed by atoms with Crippen LogP contribution in [0.1, 0.15) is 6.92 Å². The molecule has 1 aromatic carbocycles. The van der Waals surface area contributed by atoms with Gasteiger partial charge in [-0.05, 0) is 27.1 Å². The molecule has 0 saturated carbocycles. The van der Waals surface area contributed by atoms with E-state index in [0.29, 0.717) is 49.4 Å². The van der Waals surface area contributed by atoms with E-state index >= 15 is 0 Å². The summed E-state index contributed by atoms with van der Waals surface area (Å²) in [5, 5.41) is 15.6. The Kier molecular flexibility index (Phi) is 10.4. The third-order valence-electron chi connectivity index (χ3n) is 6.31. The summed E-state index contributed by atoms with van der Waals surface area (Å²) in [6, 6.07) is 5.84. The van der Waals surface area contributed by atoms with E-state index in [0.717, 1.165) is 22.2 Å². The van der Waals surface area contributed by atoms with Crippen LogP contribution in [-0.2, 0) is 20.8 Å². The number of aromatic nitrogens is 3. The van der Waals surface area contributed by atoms with E-state index < -0.39 is 11.5 Å². The lowest BCUT2D eigenvalue weighted by Gasteiger charge is -2.23. The molecule has 224 valence electrons. The minimum Gasteiger partial charge on any atom is -0.494 e. The Labute approximate surface area is 249 Å². The van der Waals surface area contributed by atoms with Crippen molar-refractivity contribution >= 4 is 28.5 Å². The molecular weight excluding hydrogens is 564 g/mol. The molecule has 0 unspecified atom stereocenters. The van der Waals surface area contributed by atoms with Gasteiger partial charge < -0.3 is 33.7 Å². The van der Waals surface area contributed by atoms with Crippen LogP contribution < -0.4 is 10.1 Å². The molecule has 0 amide bonds. The van der Waals surface area contributed by atoms with Gasteiger partial charge in [0.05, 0.1) is 48.4 Å². The third kappa shape index (κ3) is 7.58. The van der Waals surface area contributed by atoms with Crippen LogP contribution in [0.2, 0.25) is 5.02 Å². The predicted molar refractivity (Wildman–Crippen MR) is 161 cm³/mol. The highest BCUT2D eigenvalue weighted by molar-refractivity contribution is 6.33. The highest BCUT2D eigenvalue weighted by Gasteiger charge is 2.21. The number of nitrogens with one attached hydrogen (secondary N) is 1. The van der Waals surface area contributed by atoms with E-state index in [2.05, 4.69) is 21.4 Å². The van der Waals surface area contributed by atoms with Crippen LogP contribution in [0.25, 0.3) is 22.2 Å². The fraction of sp³-hybridized carbons (Fsp3) is 0.379. The van der Waals surface area contributed by atoms with Gasteiger partial charge in [0.1, 0.15) is 30.0 Å². The van der Waals surface area contributed by atoms with E-state index in [-0.39, 0.29) is 23.5 Å². The maximum absolute atomic E-state index is 11.3. The van der Waals surface area contributed by atoms with Gasteiger partial charge in [-0.15, -0.1) is 0 Å². The lowest BCUT2D eigenvalue weighted by Crippen LogP contribution is -2.32. The summed E-state index contributed by atoms with van der Waals surface area (Å²) in [5.74, 6) is 1.50. The van der Waals surface area contributed by atoms with Crippen LogP contribution in [0.15, 0.2) is 66.5 Å². The Morgan fingerprint density at radius 1 is 1.40 bits per heavy atom. The number of rotatable bonds is 15. The van der Waals surface area contributed by atoms with Gasteiger partial charge in [-0.3, -0.25) is 10.1 Å². The second kappa shape index (κ2) is 14.2. The van der Waals surface area contributed by atoms with Crippen molar-refractivity contribution in [3.8, 4) is 17.0 Å². The highest BCUT2D eigenvalue weighted by Crippen LogP contribution is 2.39. The minimum absolute atomic E-state index is 0.170. The van der Waals surface area contributed by atoms with Crippen LogP contribution in [0.3, 0.4) is 0 Å². The first-order valence-corrected chi connectivity index (χ1v) is 13.8. The molecule has 0 saturated heterocycles. The monoisotopic (exact) mass is 598 g/mol. The van der Waals surface area contributed by atoms with Crippen molar-refractivity contribution in [1.29, 1.82) is 0 Å². The Balaban J connectivity index is 1.64. The molecule has 1 N–H and O–H groups in total. The van der Waals surface area contributed by atoms with Gasteiger partial charge in [0, 0.05) is 47.4 Å². The van der Waals surface area contributed by atoms with E-state index in [1.54, 1.807) is 6.08 Å². The number of likely N-dealkylation sites (N-methyl/N-ethyl adjacent to an activating group) is 1. The first-order valence-electron chi connectivity index (χ1n) is 13.4. The van der Waals surface area contributed by atoms with Crippen molar-refractivity contribution in [2.24, 2.45) is 0 Å². The smallest absolute Gasteiger partial charge is 0.227 e. The van der Waals surface area contributed by atoms with Crippen molar-refractivity contribution < 1.29 is 23.9 Å². The highest BCUT2D eigenvalue weighted by atomic mass is 35.5. The Morgan fingerprint density at radius 3 is 2.93 bits per heavy atom. The van der Waals surface area contributed by atoms with Crippen molar-refractivity contribution in [2.45, 2.75) is 19.6 Å². The van der Waals surface area contributed by atoms with Crippen molar-refractivity contribution in [2.75, 3.05) is 59.4 Å². The molecule has 0 spiro atoms. The average Bonchev–Trinajstić information content (AvgIpc) is 3.33. The minimum atomic E-state index is -0.472. The summed E-state index contributed by atoms with van der Waals surface area (Å²) in [5.41, 5.74) is 2.55. The summed E-state index contributed by atoms with van der Waals surface area (Å²) >= 11 is 6.58. The molecular formula is C29H35ClN6O6. The van der Waals surface area contributed by atoms with Crippen LogP contribution >= 0.6 is 11.6 Å². The molecule has 42 heavy (non-hydrogen) atoms. The first kappa shape index (κ1) is 30.8. The summed E-state index contributed by atoms with van der Waals surface area (Å²) in [7, 11) is 5.31. The number of benzene rings is 1. The van der Waals surface area contributed by atoms with Gasteiger partial charge >= 0.3 is 0 Å². The number of hydrogen-bond acceptors (Lipinski definition) is 10. The van der Waals surface area contributed by atoms with E-state index in [4.69, 9.17) is 35.5 Å². The zero-order valence-electron chi connectivity index (χ0n) is 24.1.